The number of hydrogen-bond donors (Lipinski definition) is 1. The van der Waals surface area contributed by atoms with Crippen LogP contribution in [0.25, 0.3) is 10.2 Å². The summed E-state index contributed by atoms with van der Waals surface area (Å²) in [4.78, 5) is 17.6. The van der Waals surface area contributed by atoms with Crippen LogP contribution >= 0.6 is 11.3 Å². The van der Waals surface area contributed by atoms with E-state index < -0.39 is 10.0 Å². The fourth-order valence-corrected chi connectivity index (χ4v) is 6.41. The quantitative estimate of drug-likeness (QED) is 0.653. The molecule has 0 spiro atoms. The summed E-state index contributed by atoms with van der Waals surface area (Å²) in [5.74, 6) is -0.306. The summed E-state index contributed by atoms with van der Waals surface area (Å²) < 4.78 is 28.3. The number of sulfonamides is 1. The molecule has 0 unspecified atom stereocenters. The average molecular weight is 444 g/mol. The van der Waals surface area contributed by atoms with E-state index >= 15 is 0 Å². The van der Waals surface area contributed by atoms with E-state index in [1.54, 1.807) is 18.2 Å². The lowest BCUT2D eigenvalue weighted by atomic mass is 9.97. The third-order valence-electron chi connectivity index (χ3n) is 5.50. The van der Waals surface area contributed by atoms with Crippen LogP contribution in [0.1, 0.15) is 29.5 Å². The number of rotatable bonds is 4. The highest BCUT2D eigenvalue weighted by Crippen LogP contribution is 2.31. The Kier molecular flexibility index (Phi) is 5.65. The van der Waals surface area contributed by atoms with Crippen LogP contribution in [-0.4, -0.2) is 36.7 Å². The molecule has 158 valence electrons. The Labute approximate surface area is 181 Å². The largest absolute Gasteiger partial charge is 0.302 e. The number of thiazole rings is 1. The molecule has 1 aliphatic heterocycles. The van der Waals surface area contributed by atoms with Gasteiger partial charge in [-0.3, -0.25) is 4.79 Å². The first-order chi connectivity index (χ1) is 14.2. The number of carbonyl (C=O) groups is 1. The number of nitrogens with one attached hydrogen (secondary N) is 1. The van der Waals surface area contributed by atoms with Gasteiger partial charge in [-0.15, -0.1) is 0 Å². The molecule has 8 heteroatoms. The molecule has 1 aliphatic rings. The van der Waals surface area contributed by atoms with Gasteiger partial charge in [0.15, 0.2) is 5.13 Å². The number of aryl methyl sites for hydroxylation is 3. The van der Waals surface area contributed by atoms with Gasteiger partial charge in [0.1, 0.15) is 0 Å². The molecular weight excluding hydrogens is 418 g/mol. The molecule has 0 aliphatic carbocycles. The first-order valence-electron chi connectivity index (χ1n) is 9.99. The molecule has 3 aromatic rings. The number of anilines is 1. The van der Waals surface area contributed by atoms with Crippen LogP contribution in [0.5, 0.6) is 0 Å². The zero-order valence-electron chi connectivity index (χ0n) is 17.3. The molecule has 4 rings (SSSR count). The second-order valence-corrected chi connectivity index (χ2v) is 10.9. The fourth-order valence-electron chi connectivity index (χ4n) is 3.92. The molecule has 30 heavy (non-hydrogen) atoms. The van der Waals surface area contributed by atoms with E-state index in [0.29, 0.717) is 36.0 Å². The van der Waals surface area contributed by atoms with E-state index in [9.17, 15) is 13.2 Å². The molecule has 1 amide bonds. The number of carbonyl (C=O) groups excluding carboxylic acids is 1. The first-order valence-corrected chi connectivity index (χ1v) is 12.2. The van der Waals surface area contributed by atoms with Crippen LogP contribution in [0.2, 0.25) is 0 Å². The molecule has 0 saturated carbocycles. The second kappa shape index (κ2) is 8.09. The maximum atomic E-state index is 12.9. The highest BCUT2D eigenvalue weighted by atomic mass is 32.2. The molecule has 0 radical (unpaired) electrons. The number of fused-ring (bicyclic) bond motifs is 1. The van der Waals surface area contributed by atoms with Crippen LogP contribution in [0.3, 0.4) is 0 Å². The van der Waals surface area contributed by atoms with Crippen LogP contribution in [0, 0.1) is 26.7 Å². The smallest absolute Gasteiger partial charge is 0.243 e. The Morgan fingerprint density at radius 3 is 2.53 bits per heavy atom. The van der Waals surface area contributed by atoms with Gasteiger partial charge in [0.25, 0.3) is 0 Å². The SMILES string of the molecule is Cc1cccc(S(=O)(=O)N2CCC(C(=O)Nc3nc4cc(C)cc(C)c4s3)CC2)c1. The lowest BCUT2D eigenvalue weighted by Gasteiger charge is -2.30. The lowest BCUT2D eigenvalue weighted by molar-refractivity contribution is -0.120. The minimum absolute atomic E-state index is 0.0870. The number of aromatic nitrogens is 1. The Bertz CT molecular complexity index is 1210. The predicted octanol–water partition coefficient (Wildman–Crippen LogP) is 4.26. The van der Waals surface area contributed by atoms with Crippen LogP contribution < -0.4 is 5.32 Å². The summed E-state index contributed by atoms with van der Waals surface area (Å²) in [6, 6.07) is 11.1. The van der Waals surface area contributed by atoms with Gasteiger partial charge in [-0.05, 0) is 68.5 Å². The molecule has 1 N–H and O–H groups in total. The van der Waals surface area contributed by atoms with Gasteiger partial charge >= 0.3 is 0 Å². The van der Waals surface area contributed by atoms with E-state index in [1.165, 1.54) is 15.6 Å². The molecule has 2 heterocycles. The fraction of sp³-hybridized carbons (Fsp3) is 0.364. The van der Waals surface area contributed by atoms with Crippen LogP contribution in [0.15, 0.2) is 41.3 Å². The number of nitrogens with zero attached hydrogens (tertiary/aromatic N) is 2. The van der Waals surface area contributed by atoms with Crippen molar-refractivity contribution in [2.24, 2.45) is 5.92 Å². The summed E-state index contributed by atoms with van der Waals surface area (Å²) in [6.07, 6.45) is 1.000. The summed E-state index contributed by atoms with van der Waals surface area (Å²) in [5, 5.41) is 3.54. The molecule has 2 aromatic carbocycles. The normalized spacial score (nSPS) is 16.1. The van der Waals surface area contributed by atoms with Crippen molar-refractivity contribution in [3.63, 3.8) is 0 Å². The van der Waals surface area contributed by atoms with E-state index in [4.69, 9.17) is 0 Å². The van der Waals surface area contributed by atoms with Crippen LogP contribution in [0.4, 0.5) is 5.13 Å². The van der Waals surface area contributed by atoms with Crippen molar-refractivity contribution in [1.29, 1.82) is 0 Å². The number of piperidine rings is 1. The standard InChI is InChI=1S/C22H25N3O3S2/c1-14-5-4-6-18(12-14)30(27,28)25-9-7-17(8-10-25)21(26)24-22-23-19-13-15(2)11-16(3)20(19)29-22/h4-6,11-13,17H,7-10H2,1-3H3,(H,23,24,26). The van der Waals surface area contributed by atoms with Gasteiger partial charge in [0.05, 0.1) is 15.1 Å². The minimum atomic E-state index is -3.53. The van der Waals surface area contributed by atoms with Crippen molar-refractivity contribution in [1.82, 2.24) is 9.29 Å². The third kappa shape index (κ3) is 4.12. The maximum Gasteiger partial charge on any atom is 0.243 e. The van der Waals surface area contributed by atoms with Gasteiger partial charge in [0.2, 0.25) is 15.9 Å². The summed E-state index contributed by atoms with van der Waals surface area (Å²) in [6.45, 7) is 6.63. The maximum absolute atomic E-state index is 12.9. The van der Waals surface area contributed by atoms with Crippen molar-refractivity contribution in [3.8, 4) is 0 Å². The van der Waals surface area contributed by atoms with Gasteiger partial charge < -0.3 is 5.32 Å². The molecule has 6 nitrogen and oxygen atoms in total. The van der Waals surface area contributed by atoms with E-state index in [-0.39, 0.29) is 11.8 Å². The highest BCUT2D eigenvalue weighted by Gasteiger charge is 2.32. The van der Waals surface area contributed by atoms with Crippen molar-refractivity contribution in [2.45, 2.75) is 38.5 Å². The van der Waals surface area contributed by atoms with Crippen molar-refractivity contribution < 1.29 is 13.2 Å². The third-order valence-corrected chi connectivity index (χ3v) is 8.52. The highest BCUT2D eigenvalue weighted by molar-refractivity contribution is 7.89. The second-order valence-electron chi connectivity index (χ2n) is 7.93. The van der Waals surface area contributed by atoms with Crippen molar-refractivity contribution >= 4 is 42.6 Å². The number of benzene rings is 2. The zero-order valence-corrected chi connectivity index (χ0v) is 18.9. The minimum Gasteiger partial charge on any atom is -0.302 e. The Hall–Kier alpha value is -2.29. The van der Waals surface area contributed by atoms with Crippen LogP contribution in [-0.2, 0) is 14.8 Å². The number of hydrogen-bond acceptors (Lipinski definition) is 5. The van der Waals surface area contributed by atoms with Crippen molar-refractivity contribution in [2.75, 3.05) is 18.4 Å². The molecule has 0 bridgehead atoms. The summed E-state index contributed by atoms with van der Waals surface area (Å²) >= 11 is 1.48. The van der Waals surface area contributed by atoms with Gasteiger partial charge in [-0.1, -0.05) is 29.5 Å². The Morgan fingerprint density at radius 1 is 1.10 bits per heavy atom. The van der Waals surface area contributed by atoms with E-state index in [1.807, 2.05) is 32.9 Å². The molecule has 0 atom stereocenters. The lowest BCUT2D eigenvalue weighted by Crippen LogP contribution is -2.41. The van der Waals surface area contributed by atoms with E-state index in [2.05, 4.69) is 16.4 Å². The average Bonchev–Trinajstić information content (AvgIpc) is 3.10. The Morgan fingerprint density at radius 2 is 1.83 bits per heavy atom. The summed E-state index contributed by atoms with van der Waals surface area (Å²) in [5.41, 5.74) is 4.10. The van der Waals surface area contributed by atoms with Crippen molar-refractivity contribution in [3.05, 3.63) is 53.1 Å². The summed E-state index contributed by atoms with van der Waals surface area (Å²) in [7, 11) is -3.53. The molecule has 1 saturated heterocycles. The Balaban J connectivity index is 1.42. The predicted molar refractivity (Wildman–Crippen MR) is 120 cm³/mol. The first kappa shape index (κ1) is 21.0. The van der Waals surface area contributed by atoms with Gasteiger partial charge in [-0.2, -0.15) is 4.31 Å². The number of amides is 1. The molecular formula is C22H25N3O3S2. The van der Waals surface area contributed by atoms with Gasteiger partial charge in [0, 0.05) is 19.0 Å². The molecule has 1 fully saturated rings. The molecule has 1 aromatic heterocycles. The topological polar surface area (TPSA) is 79.4 Å². The van der Waals surface area contributed by atoms with E-state index in [0.717, 1.165) is 26.9 Å². The zero-order chi connectivity index (χ0) is 21.5. The monoisotopic (exact) mass is 443 g/mol. The van der Waals surface area contributed by atoms with Gasteiger partial charge in [-0.25, -0.2) is 13.4 Å².